The summed E-state index contributed by atoms with van der Waals surface area (Å²) in [5.74, 6) is 0. The number of benzene rings is 15. The largest absolute Gasteiger partial charge is 0.309 e. The van der Waals surface area contributed by atoms with E-state index in [0.29, 0.717) is 0 Å². The van der Waals surface area contributed by atoms with Crippen molar-refractivity contribution in [3.05, 3.63) is 360 Å². The van der Waals surface area contributed by atoms with E-state index in [2.05, 4.69) is 337 Å². The number of nitrogens with zero attached hydrogens (tertiary/aromatic N) is 2. The Balaban J connectivity index is 0.799. The van der Waals surface area contributed by atoms with E-state index in [0.717, 1.165) is 39.2 Å². The zero-order chi connectivity index (χ0) is 58.3. The van der Waals surface area contributed by atoms with Gasteiger partial charge in [0.15, 0.2) is 0 Å². The highest BCUT2D eigenvalue weighted by Gasteiger charge is 2.52. The predicted molar refractivity (Wildman–Crippen MR) is 375 cm³/mol. The standard InChI is InChI=1S/C87H54N2/c1-2-21-59(22-3-1)88-82-39-18-13-31-71(82)73-48-46-58(53-85(73)88)61-23-4-5-24-63(61)75(57-44-42-56(43-45-57)62-34-20-38-81-86(62)74-33-12-17-37-80(74)87(81)78-35-15-10-29-69(78)70-30-11-16-36-79(70)87)51-55-41-50-84-77(52-55)72-32-14-19-40-83(72)89(84)60-47-49-68-66-27-7-6-25-64(66)65-26-8-9-28-67(65)76(68)54-60/h1-54H. The van der Waals surface area contributed by atoms with Crippen molar-refractivity contribution in [1.82, 2.24) is 9.13 Å². The van der Waals surface area contributed by atoms with Gasteiger partial charge in [-0.2, -0.15) is 0 Å². The van der Waals surface area contributed by atoms with Crippen LogP contribution in [0.5, 0.6) is 0 Å². The molecule has 0 aliphatic heterocycles. The van der Waals surface area contributed by atoms with Crippen LogP contribution in [0.4, 0.5) is 0 Å². The van der Waals surface area contributed by atoms with Gasteiger partial charge in [-0.25, -0.2) is 0 Å². The molecule has 2 nitrogen and oxygen atoms in total. The molecule has 412 valence electrons. The smallest absolute Gasteiger partial charge is 0.0725 e. The van der Waals surface area contributed by atoms with Crippen LogP contribution in [0.25, 0.3) is 143 Å². The molecule has 0 amide bonds. The molecule has 2 aliphatic carbocycles. The van der Waals surface area contributed by atoms with Crippen LogP contribution in [-0.4, -0.2) is 9.13 Å². The number of hydrogen-bond donors (Lipinski definition) is 0. The van der Waals surface area contributed by atoms with Crippen LogP contribution in [0.3, 0.4) is 0 Å². The van der Waals surface area contributed by atoms with Crippen molar-refractivity contribution >= 4 is 87.6 Å². The highest BCUT2D eigenvalue weighted by atomic mass is 15.0. The molecule has 19 rings (SSSR count). The van der Waals surface area contributed by atoms with E-state index in [9.17, 15) is 0 Å². The average Bonchev–Trinajstić information content (AvgIpc) is 1.52. The number of rotatable bonds is 7. The predicted octanol–water partition coefficient (Wildman–Crippen LogP) is 22.6. The molecule has 0 radical (unpaired) electrons. The topological polar surface area (TPSA) is 9.86 Å². The van der Waals surface area contributed by atoms with E-state index in [4.69, 9.17) is 0 Å². The first-order valence-electron chi connectivity index (χ1n) is 31.0. The Bertz CT molecular complexity index is 5770. The monoisotopic (exact) mass is 1130 g/mol. The van der Waals surface area contributed by atoms with Gasteiger partial charge in [-0.1, -0.05) is 267 Å². The van der Waals surface area contributed by atoms with Gasteiger partial charge in [0, 0.05) is 32.9 Å². The van der Waals surface area contributed by atoms with Gasteiger partial charge in [-0.05, 0) is 182 Å². The molecule has 15 aromatic carbocycles. The van der Waals surface area contributed by atoms with Gasteiger partial charge in [0.1, 0.15) is 0 Å². The molecule has 2 heterocycles. The minimum absolute atomic E-state index is 0.416. The maximum atomic E-state index is 2.46. The van der Waals surface area contributed by atoms with Crippen molar-refractivity contribution in [2.75, 3.05) is 0 Å². The van der Waals surface area contributed by atoms with Gasteiger partial charge in [0.05, 0.1) is 27.5 Å². The van der Waals surface area contributed by atoms with Crippen LogP contribution in [0, 0.1) is 0 Å². The van der Waals surface area contributed by atoms with Gasteiger partial charge in [-0.15, -0.1) is 0 Å². The van der Waals surface area contributed by atoms with Gasteiger partial charge in [0.25, 0.3) is 0 Å². The van der Waals surface area contributed by atoms with E-state index >= 15 is 0 Å². The Labute approximate surface area is 515 Å². The summed E-state index contributed by atoms with van der Waals surface area (Å²) in [5.41, 5.74) is 26.6. The SMILES string of the molecule is C(=C(c1ccc(-c2cccc3c2-c2ccccc2C32c3ccccc3-c3ccccc32)cc1)c1ccccc1-c1ccc2c3ccccc3n(-c3ccccc3)c2c1)c1ccc2c(c1)c1ccccc1n2-c1ccc2c3ccccc3c3ccccc3c2c1. The molecule has 0 bridgehead atoms. The van der Waals surface area contributed by atoms with Crippen molar-refractivity contribution in [3.63, 3.8) is 0 Å². The number of para-hydroxylation sites is 3. The highest BCUT2D eigenvalue weighted by Crippen LogP contribution is 2.64. The summed E-state index contributed by atoms with van der Waals surface area (Å²) in [7, 11) is 0. The average molecular weight is 1130 g/mol. The molecule has 2 heteroatoms. The van der Waals surface area contributed by atoms with Crippen LogP contribution < -0.4 is 0 Å². The van der Waals surface area contributed by atoms with E-state index in [-0.39, 0.29) is 0 Å². The van der Waals surface area contributed by atoms with E-state index in [1.807, 2.05) is 0 Å². The normalized spacial score (nSPS) is 13.1. The molecule has 0 saturated carbocycles. The second kappa shape index (κ2) is 19.2. The third kappa shape index (κ3) is 7.14. The quantitative estimate of drug-likeness (QED) is 0.111. The van der Waals surface area contributed by atoms with Crippen molar-refractivity contribution in [3.8, 4) is 55.9 Å². The third-order valence-corrected chi connectivity index (χ3v) is 19.7. The molecule has 17 aromatic rings. The van der Waals surface area contributed by atoms with Crippen LogP contribution >= 0.6 is 0 Å². The summed E-state index contributed by atoms with van der Waals surface area (Å²) in [6.07, 6.45) is 2.43. The fourth-order valence-corrected chi connectivity index (χ4v) is 16.1. The van der Waals surface area contributed by atoms with Gasteiger partial charge >= 0.3 is 0 Å². The van der Waals surface area contributed by atoms with Crippen molar-refractivity contribution in [2.45, 2.75) is 5.41 Å². The molecule has 0 saturated heterocycles. The molecule has 0 atom stereocenters. The Morgan fingerprint density at radius 1 is 0.258 bits per heavy atom. The molecule has 2 aliphatic rings. The lowest BCUT2D eigenvalue weighted by atomic mass is 9.70. The van der Waals surface area contributed by atoms with Crippen molar-refractivity contribution in [1.29, 1.82) is 0 Å². The number of hydrogen-bond acceptors (Lipinski definition) is 0. The highest BCUT2D eigenvalue weighted by molar-refractivity contribution is 6.26. The fraction of sp³-hybridized carbons (Fsp3) is 0.0115. The Morgan fingerprint density at radius 2 is 0.730 bits per heavy atom. The minimum Gasteiger partial charge on any atom is -0.309 e. The maximum Gasteiger partial charge on any atom is 0.0725 e. The lowest BCUT2D eigenvalue weighted by molar-refractivity contribution is 0.794. The number of aromatic nitrogens is 2. The Morgan fingerprint density at radius 3 is 1.42 bits per heavy atom. The first-order valence-corrected chi connectivity index (χ1v) is 31.0. The van der Waals surface area contributed by atoms with Crippen molar-refractivity contribution in [2.24, 2.45) is 0 Å². The summed E-state index contributed by atoms with van der Waals surface area (Å²) in [5, 5.41) is 12.5. The minimum atomic E-state index is -0.416. The first-order chi connectivity index (χ1) is 44.2. The van der Waals surface area contributed by atoms with E-state index < -0.39 is 5.41 Å². The lowest BCUT2D eigenvalue weighted by Gasteiger charge is -2.30. The zero-order valence-corrected chi connectivity index (χ0v) is 48.6. The molecule has 0 unspecified atom stereocenters. The second-order valence-corrected chi connectivity index (χ2v) is 24.2. The summed E-state index contributed by atoms with van der Waals surface area (Å²) in [6.45, 7) is 0. The van der Waals surface area contributed by atoms with Crippen LogP contribution in [0.15, 0.2) is 322 Å². The van der Waals surface area contributed by atoms with Gasteiger partial charge < -0.3 is 9.13 Å². The van der Waals surface area contributed by atoms with Crippen molar-refractivity contribution < 1.29 is 0 Å². The summed E-state index contributed by atoms with van der Waals surface area (Å²) in [6, 6.07) is 120. The third-order valence-electron chi connectivity index (χ3n) is 19.7. The summed E-state index contributed by atoms with van der Waals surface area (Å²) in [4.78, 5) is 0. The molecule has 2 aromatic heterocycles. The van der Waals surface area contributed by atoms with Crippen LogP contribution in [0.2, 0.25) is 0 Å². The maximum absolute atomic E-state index is 2.46. The van der Waals surface area contributed by atoms with Gasteiger partial charge in [-0.3, -0.25) is 0 Å². The van der Waals surface area contributed by atoms with E-state index in [1.54, 1.807) is 0 Å². The zero-order valence-electron chi connectivity index (χ0n) is 48.6. The second-order valence-electron chi connectivity index (χ2n) is 24.2. The van der Waals surface area contributed by atoms with Gasteiger partial charge in [0.2, 0.25) is 0 Å². The lowest BCUT2D eigenvalue weighted by Crippen LogP contribution is -2.25. The summed E-state index contributed by atoms with van der Waals surface area (Å²) >= 11 is 0. The Hall–Kier alpha value is -11.6. The molecule has 0 N–H and O–H groups in total. The first kappa shape index (κ1) is 49.7. The van der Waals surface area contributed by atoms with Crippen LogP contribution in [0.1, 0.15) is 38.9 Å². The molecular weight excluding hydrogens is 1070 g/mol. The van der Waals surface area contributed by atoms with E-state index in [1.165, 1.54) is 137 Å². The fourth-order valence-electron chi connectivity index (χ4n) is 16.1. The van der Waals surface area contributed by atoms with Crippen LogP contribution in [-0.2, 0) is 5.41 Å². The number of fused-ring (bicyclic) bond motifs is 22. The summed E-state index contributed by atoms with van der Waals surface area (Å²) < 4.78 is 4.89. The molecule has 1 spiro atoms. The molecular formula is C87H54N2. The molecule has 0 fully saturated rings. The Kier molecular flexibility index (Phi) is 10.7. The molecule has 89 heavy (non-hydrogen) atoms.